The van der Waals surface area contributed by atoms with Gasteiger partial charge >= 0.3 is 0 Å². The summed E-state index contributed by atoms with van der Waals surface area (Å²) in [6.07, 6.45) is 4.50. The van der Waals surface area contributed by atoms with Gasteiger partial charge in [0.1, 0.15) is 12.1 Å². The lowest BCUT2D eigenvalue weighted by Crippen LogP contribution is -2.12. The Labute approximate surface area is 144 Å². The van der Waals surface area contributed by atoms with E-state index in [-0.39, 0.29) is 5.91 Å². The van der Waals surface area contributed by atoms with Crippen LogP contribution in [-0.2, 0) is 0 Å². The summed E-state index contributed by atoms with van der Waals surface area (Å²) in [5.41, 5.74) is 2.14. The number of hydrogen-bond acceptors (Lipinski definition) is 4. The number of carbonyl (C=O) groups is 1. The molecule has 0 fully saturated rings. The van der Waals surface area contributed by atoms with E-state index in [4.69, 9.17) is 16.3 Å². The van der Waals surface area contributed by atoms with Gasteiger partial charge in [0.05, 0.1) is 12.4 Å². The van der Waals surface area contributed by atoms with Crippen molar-refractivity contribution < 1.29 is 9.53 Å². The number of nitrogens with zero attached hydrogens (tertiary/aromatic N) is 2. The van der Waals surface area contributed by atoms with Crippen LogP contribution >= 0.6 is 11.6 Å². The minimum Gasteiger partial charge on any atom is -0.454 e. The average Bonchev–Trinajstić information content (AvgIpc) is 2.55. The predicted molar refractivity (Wildman–Crippen MR) is 92.7 cm³/mol. The molecule has 3 aromatic rings. The maximum atomic E-state index is 12.3. The number of benzene rings is 2. The van der Waals surface area contributed by atoms with E-state index in [0.29, 0.717) is 27.8 Å². The van der Waals surface area contributed by atoms with Crippen molar-refractivity contribution in [2.45, 2.75) is 6.92 Å². The molecular formula is C18H14ClN3O2. The molecule has 120 valence electrons. The highest BCUT2D eigenvalue weighted by atomic mass is 35.5. The highest BCUT2D eigenvalue weighted by Crippen LogP contribution is 2.28. The average molecular weight is 340 g/mol. The van der Waals surface area contributed by atoms with E-state index in [1.807, 2.05) is 25.1 Å². The zero-order chi connectivity index (χ0) is 16.9. The zero-order valence-corrected chi connectivity index (χ0v) is 13.6. The molecule has 0 radical (unpaired) electrons. The Morgan fingerprint density at radius 1 is 1.08 bits per heavy atom. The molecule has 0 spiro atoms. The number of rotatable bonds is 4. The molecule has 1 N–H and O–H groups in total. The molecule has 2 aromatic carbocycles. The number of carbonyl (C=O) groups excluding carboxylic acids is 1. The van der Waals surface area contributed by atoms with Crippen molar-refractivity contribution in [2.24, 2.45) is 0 Å². The summed E-state index contributed by atoms with van der Waals surface area (Å²) in [7, 11) is 0. The molecule has 0 bridgehead atoms. The second-order valence-electron chi connectivity index (χ2n) is 5.18. The van der Waals surface area contributed by atoms with E-state index in [9.17, 15) is 4.79 Å². The van der Waals surface area contributed by atoms with Crippen molar-refractivity contribution >= 4 is 23.2 Å². The SMILES string of the molecule is Cc1cccc(C(=O)Nc2cc(Cl)cc(Oc3cncnc3)c2)c1. The molecule has 6 heteroatoms. The molecule has 24 heavy (non-hydrogen) atoms. The standard InChI is InChI=1S/C18H14ClN3O2/c1-12-3-2-4-13(5-12)18(23)22-15-6-14(19)7-16(8-15)24-17-9-20-11-21-10-17/h2-11H,1H3,(H,22,23). The molecule has 0 aliphatic carbocycles. The Balaban J connectivity index is 1.80. The van der Waals surface area contributed by atoms with Gasteiger partial charge in [-0.2, -0.15) is 0 Å². The Bertz CT molecular complexity index is 869. The third-order valence-corrected chi connectivity index (χ3v) is 3.40. The number of amides is 1. The molecule has 0 aliphatic heterocycles. The lowest BCUT2D eigenvalue weighted by Gasteiger charge is -2.10. The smallest absolute Gasteiger partial charge is 0.255 e. The lowest BCUT2D eigenvalue weighted by molar-refractivity contribution is 0.102. The molecule has 0 atom stereocenters. The number of aromatic nitrogens is 2. The molecule has 0 unspecified atom stereocenters. The van der Waals surface area contributed by atoms with Crippen LogP contribution in [0.5, 0.6) is 11.5 Å². The van der Waals surface area contributed by atoms with E-state index in [2.05, 4.69) is 15.3 Å². The van der Waals surface area contributed by atoms with Crippen molar-refractivity contribution in [1.82, 2.24) is 9.97 Å². The Morgan fingerprint density at radius 3 is 2.62 bits per heavy atom. The molecule has 3 rings (SSSR count). The fraction of sp³-hybridized carbons (Fsp3) is 0.0556. The summed E-state index contributed by atoms with van der Waals surface area (Å²) < 4.78 is 5.65. The van der Waals surface area contributed by atoms with Crippen LogP contribution < -0.4 is 10.1 Å². The van der Waals surface area contributed by atoms with Gasteiger partial charge in [0.2, 0.25) is 0 Å². The van der Waals surface area contributed by atoms with E-state index >= 15 is 0 Å². The van der Waals surface area contributed by atoms with Crippen LogP contribution in [-0.4, -0.2) is 15.9 Å². The van der Waals surface area contributed by atoms with E-state index in [1.165, 1.54) is 6.33 Å². The first-order chi connectivity index (χ1) is 11.6. The normalized spacial score (nSPS) is 10.2. The molecule has 1 heterocycles. The summed E-state index contributed by atoms with van der Waals surface area (Å²) in [5.74, 6) is 0.752. The summed E-state index contributed by atoms with van der Waals surface area (Å²) in [4.78, 5) is 20.1. The van der Waals surface area contributed by atoms with Crippen LogP contribution in [0.25, 0.3) is 0 Å². The minimum absolute atomic E-state index is 0.213. The van der Waals surface area contributed by atoms with Crippen LogP contribution in [0.15, 0.2) is 61.2 Å². The van der Waals surface area contributed by atoms with Gasteiger partial charge < -0.3 is 10.1 Å². The van der Waals surface area contributed by atoms with Crippen LogP contribution in [0.4, 0.5) is 5.69 Å². The Morgan fingerprint density at radius 2 is 1.88 bits per heavy atom. The predicted octanol–water partition coefficient (Wildman–Crippen LogP) is 4.48. The van der Waals surface area contributed by atoms with Gasteiger partial charge in [-0.3, -0.25) is 4.79 Å². The van der Waals surface area contributed by atoms with Crippen molar-refractivity contribution in [3.63, 3.8) is 0 Å². The van der Waals surface area contributed by atoms with Gasteiger partial charge in [0.25, 0.3) is 5.91 Å². The molecule has 0 saturated heterocycles. The molecule has 0 saturated carbocycles. The molecule has 0 aliphatic rings. The molecule has 1 amide bonds. The monoisotopic (exact) mass is 339 g/mol. The minimum atomic E-state index is -0.213. The van der Waals surface area contributed by atoms with Gasteiger partial charge in [-0.25, -0.2) is 9.97 Å². The first-order valence-corrected chi connectivity index (χ1v) is 7.59. The summed E-state index contributed by atoms with van der Waals surface area (Å²) >= 11 is 6.11. The van der Waals surface area contributed by atoms with E-state index in [1.54, 1.807) is 36.7 Å². The quantitative estimate of drug-likeness (QED) is 0.761. The fourth-order valence-electron chi connectivity index (χ4n) is 2.16. The number of aryl methyl sites for hydroxylation is 1. The van der Waals surface area contributed by atoms with Gasteiger partial charge in [0.15, 0.2) is 5.75 Å². The number of halogens is 1. The zero-order valence-electron chi connectivity index (χ0n) is 12.9. The Hall–Kier alpha value is -2.92. The van der Waals surface area contributed by atoms with Crippen LogP contribution in [0.1, 0.15) is 15.9 Å². The maximum Gasteiger partial charge on any atom is 0.255 e. The van der Waals surface area contributed by atoms with Gasteiger partial charge in [-0.1, -0.05) is 29.3 Å². The first kappa shape index (κ1) is 16.0. The van der Waals surface area contributed by atoms with Gasteiger partial charge in [-0.15, -0.1) is 0 Å². The number of nitrogens with one attached hydrogen (secondary N) is 1. The molecular weight excluding hydrogens is 326 g/mol. The van der Waals surface area contributed by atoms with Crippen LogP contribution in [0.2, 0.25) is 5.02 Å². The van der Waals surface area contributed by atoms with Gasteiger partial charge in [-0.05, 0) is 31.2 Å². The van der Waals surface area contributed by atoms with E-state index < -0.39 is 0 Å². The van der Waals surface area contributed by atoms with Crippen molar-refractivity contribution in [3.8, 4) is 11.5 Å². The van der Waals surface area contributed by atoms with Crippen molar-refractivity contribution in [2.75, 3.05) is 5.32 Å². The fourth-order valence-corrected chi connectivity index (χ4v) is 2.38. The van der Waals surface area contributed by atoms with Crippen LogP contribution in [0.3, 0.4) is 0 Å². The number of anilines is 1. The highest BCUT2D eigenvalue weighted by Gasteiger charge is 2.09. The largest absolute Gasteiger partial charge is 0.454 e. The third kappa shape index (κ3) is 4.08. The van der Waals surface area contributed by atoms with Crippen molar-refractivity contribution in [1.29, 1.82) is 0 Å². The third-order valence-electron chi connectivity index (χ3n) is 3.18. The molecule has 5 nitrogen and oxygen atoms in total. The summed E-state index contributed by atoms with van der Waals surface area (Å²) in [6, 6.07) is 12.3. The second kappa shape index (κ2) is 7.10. The van der Waals surface area contributed by atoms with Crippen molar-refractivity contribution in [3.05, 3.63) is 77.3 Å². The maximum absolute atomic E-state index is 12.3. The van der Waals surface area contributed by atoms with E-state index in [0.717, 1.165) is 5.56 Å². The summed E-state index contributed by atoms with van der Waals surface area (Å²) in [6.45, 7) is 1.93. The number of hydrogen-bond donors (Lipinski definition) is 1. The number of ether oxygens (including phenoxy) is 1. The first-order valence-electron chi connectivity index (χ1n) is 7.21. The van der Waals surface area contributed by atoms with Gasteiger partial charge in [0, 0.05) is 22.3 Å². The Kier molecular flexibility index (Phi) is 4.72. The topological polar surface area (TPSA) is 64.1 Å². The highest BCUT2D eigenvalue weighted by molar-refractivity contribution is 6.31. The lowest BCUT2D eigenvalue weighted by atomic mass is 10.1. The molecule has 1 aromatic heterocycles. The summed E-state index contributed by atoms with van der Waals surface area (Å²) in [5, 5.41) is 3.27. The van der Waals surface area contributed by atoms with Crippen LogP contribution in [0, 0.1) is 6.92 Å². The second-order valence-corrected chi connectivity index (χ2v) is 5.61.